The molecule has 8 nitrogen and oxygen atoms in total. The average Bonchev–Trinajstić information content (AvgIpc) is 2.80. The fraction of sp³-hybridized carbons (Fsp3) is 0.292. The van der Waals surface area contributed by atoms with E-state index >= 15 is 0 Å². The third-order valence-electron chi connectivity index (χ3n) is 6.18. The zero-order valence-electron chi connectivity index (χ0n) is 17.7. The lowest BCUT2D eigenvalue weighted by Gasteiger charge is -2.43. The Hall–Kier alpha value is -3.81. The summed E-state index contributed by atoms with van der Waals surface area (Å²) in [5, 5.41) is 2.77. The van der Waals surface area contributed by atoms with Crippen molar-refractivity contribution in [3.63, 3.8) is 0 Å². The van der Waals surface area contributed by atoms with E-state index in [4.69, 9.17) is 0 Å². The Kier molecular flexibility index (Phi) is 5.05. The molecule has 3 aromatic rings. The number of carbonyl (C=O) groups excluding carboxylic acids is 2. The van der Waals surface area contributed by atoms with E-state index in [1.165, 1.54) is 19.3 Å². The lowest BCUT2D eigenvalue weighted by atomic mass is 9.80. The number of hydrogen-bond acceptors (Lipinski definition) is 5. The maximum atomic E-state index is 13.0. The molecule has 0 spiro atoms. The van der Waals surface area contributed by atoms with E-state index in [-0.39, 0.29) is 29.2 Å². The Morgan fingerprint density at radius 3 is 2.56 bits per heavy atom. The monoisotopic (exact) mass is 429 g/mol. The predicted molar refractivity (Wildman–Crippen MR) is 119 cm³/mol. The molecule has 0 radical (unpaired) electrons. The number of carbonyl (C=O) groups is 2. The third-order valence-corrected chi connectivity index (χ3v) is 6.18. The van der Waals surface area contributed by atoms with Crippen LogP contribution < -0.4 is 10.9 Å². The molecule has 162 valence electrons. The average molecular weight is 429 g/mol. The Bertz CT molecular complexity index is 1240. The quantitative estimate of drug-likeness (QED) is 0.690. The van der Waals surface area contributed by atoms with Gasteiger partial charge in [-0.3, -0.25) is 19.4 Å². The number of hydrogen-bond donors (Lipinski definition) is 1. The van der Waals surface area contributed by atoms with Crippen LogP contribution in [0.4, 0.5) is 5.69 Å². The lowest BCUT2D eigenvalue weighted by Crippen LogP contribution is -2.49. The Labute approximate surface area is 184 Å². The number of piperidine rings is 1. The van der Waals surface area contributed by atoms with Crippen LogP contribution in [-0.2, 0) is 11.3 Å². The van der Waals surface area contributed by atoms with Crippen molar-refractivity contribution >= 4 is 17.5 Å². The summed E-state index contributed by atoms with van der Waals surface area (Å²) in [7, 11) is 0. The van der Waals surface area contributed by atoms with Crippen LogP contribution in [0.1, 0.15) is 35.4 Å². The summed E-state index contributed by atoms with van der Waals surface area (Å²) in [6.45, 7) is 3.20. The van der Waals surface area contributed by atoms with Crippen LogP contribution in [0.3, 0.4) is 0 Å². The number of nitrogens with one attached hydrogen (secondary N) is 1. The highest BCUT2D eigenvalue weighted by Crippen LogP contribution is 2.40. The van der Waals surface area contributed by atoms with Crippen LogP contribution in [0.25, 0.3) is 11.1 Å². The first-order valence-electron chi connectivity index (χ1n) is 10.7. The Morgan fingerprint density at radius 1 is 1.03 bits per heavy atom. The smallest absolute Gasteiger partial charge is 0.274 e. The zero-order chi connectivity index (χ0) is 22.2. The summed E-state index contributed by atoms with van der Waals surface area (Å²) >= 11 is 0. The number of benzene rings is 1. The van der Waals surface area contributed by atoms with Gasteiger partial charge < -0.3 is 14.8 Å². The van der Waals surface area contributed by atoms with Crippen molar-refractivity contribution in [2.24, 2.45) is 5.92 Å². The molecule has 2 aliphatic heterocycles. The molecule has 1 N–H and O–H groups in total. The molecular formula is C24H23N5O3. The molecule has 8 heteroatoms. The van der Waals surface area contributed by atoms with Crippen LogP contribution in [0, 0.1) is 5.92 Å². The summed E-state index contributed by atoms with van der Waals surface area (Å²) in [6.07, 6.45) is 5.50. The summed E-state index contributed by atoms with van der Waals surface area (Å²) < 4.78 is 1.88. The molecule has 32 heavy (non-hydrogen) atoms. The normalized spacial score (nSPS) is 19.2. The van der Waals surface area contributed by atoms with Gasteiger partial charge in [-0.1, -0.05) is 12.1 Å². The minimum Gasteiger partial charge on any atom is -0.336 e. The van der Waals surface area contributed by atoms with Gasteiger partial charge in [-0.25, -0.2) is 4.98 Å². The molecule has 5 rings (SSSR count). The molecule has 4 heterocycles. The molecule has 2 atom stereocenters. The van der Waals surface area contributed by atoms with Gasteiger partial charge >= 0.3 is 0 Å². The second kappa shape index (κ2) is 8.03. The van der Waals surface area contributed by atoms with Gasteiger partial charge in [0.05, 0.1) is 6.20 Å². The van der Waals surface area contributed by atoms with Gasteiger partial charge in [0.15, 0.2) is 0 Å². The molecule has 1 saturated heterocycles. The predicted octanol–water partition coefficient (Wildman–Crippen LogP) is 2.52. The van der Waals surface area contributed by atoms with Crippen LogP contribution in [0.5, 0.6) is 0 Å². The molecule has 1 aromatic carbocycles. The van der Waals surface area contributed by atoms with Gasteiger partial charge in [0.1, 0.15) is 5.69 Å². The first-order valence-corrected chi connectivity index (χ1v) is 10.7. The highest BCUT2D eigenvalue weighted by atomic mass is 16.2. The molecule has 2 amide bonds. The summed E-state index contributed by atoms with van der Waals surface area (Å²) in [5.74, 6) is 0.0299. The number of amides is 2. The standard InChI is InChI=1S/C24H23N5O3/c1-15(30)27-19-4-2-17(3-5-19)20-6-7-22(31)29-13-16-10-18(23(20)29)14-28(12-16)24(32)21-11-25-8-9-26-21/h2-9,11,16,18H,10,12-14H2,1H3,(H,27,30). The van der Waals surface area contributed by atoms with Crippen molar-refractivity contribution in [1.82, 2.24) is 19.4 Å². The number of rotatable bonds is 3. The fourth-order valence-electron chi connectivity index (χ4n) is 4.93. The van der Waals surface area contributed by atoms with Gasteiger partial charge in [-0.15, -0.1) is 0 Å². The van der Waals surface area contributed by atoms with E-state index in [2.05, 4.69) is 15.3 Å². The number of nitrogens with zero attached hydrogens (tertiary/aromatic N) is 4. The third kappa shape index (κ3) is 3.68. The lowest BCUT2D eigenvalue weighted by molar-refractivity contribution is -0.114. The highest BCUT2D eigenvalue weighted by Gasteiger charge is 2.38. The van der Waals surface area contributed by atoms with E-state index < -0.39 is 0 Å². The molecule has 0 aliphatic carbocycles. The first kappa shape index (κ1) is 20.1. The molecule has 0 saturated carbocycles. The number of pyridine rings is 1. The summed E-state index contributed by atoms with van der Waals surface area (Å²) in [6, 6.07) is 11.1. The second-order valence-electron chi connectivity index (χ2n) is 8.44. The van der Waals surface area contributed by atoms with Crippen LogP contribution in [0.15, 0.2) is 59.8 Å². The van der Waals surface area contributed by atoms with E-state index in [9.17, 15) is 14.4 Å². The number of fused-ring (bicyclic) bond motifs is 4. The van der Waals surface area contributed by atoms with Crippen molar-refractivity contribution in [3.05, 3.63) is 76.7 Å². The van der Waals surface area contributed by atoms with Crippen molar-refractivity contribution in [3.8, 4) is 11.1 Å². The first-order chi connectivity index (χ1) is 15.5. The van der Waals surface area contributed by atoms with Gasteiger partial charge in [-0.2, -0.15) is 0 Å². The molecular weight excluding hydrogens is 406 g/mol. The Balaban J connectivity index is 1.50. The molecule has 2 bridgehead atoms. The van der Waals surface area contributed by atoms with Crippen molar-refractivity contribution < 1.29 is 9.59 Å². The SMILES string of the molecule is CC(=O)Nc1ccc(-c2ccc(=O)n3c2C2CC(CN(C(=O)c4cnccn4)C2)C3)cc1. The van der Waals surface area contributed by atoms with Gasteiger partial charge in [0.25, 0.3) is 11.5 Å². The fourth-order valence-corrected chi connectivity index (χ4v) is 4.93. The second-order valence-corrected chi connectivity index (χ2v) is 8.44. The topological polar surface area (TPSA) is 97.2 Å². The summed E-state index contributed by atoms with van der Waals surface area (Å²) in [4.78, 5) is 47.1. The summed E-state index contributed by atoms with van der Waals surface area (Å²) in [5.41, 5.74) is 3.97. The van der Waals surface area contributed by atoms with E-state index in [0.29, 0.717) is 25.3 Å². The Morgan fingerprint density at radius 2 is 1.84 bits per heavy atom. The van der Waals surface area contributed by atoms with Gasteiger partial charge in [0.2, 0.25) is 5.91 Å². The maximum Gasteiger partial charge on any atom is 0.274 e. The molecule has 2 unspecified atom stereocenters. The van der Waals surface area contributed by atoms with Crippen LogP contribution in [-0.4, -0.2) is 44.3 Å². The molecule has 1 fully saturated rings. The number of aromatic nitrogens is 3. The van der Waals surface area contributed by atoms with Crippen molar-refractivity contribution in [2.75, 3.05) is 18.4 Å². The largest absolute Gasteiger partial charge is 0.336 e. The van der Waals surface area contributed by atoms with Crippen LogP contribution >= 0.6 is 0 Å². The number of likely N-dealkylation sites (tertiary alicyclic amines) is 1. The van der Waals surface area contributed by atoms with Crippen molar-refractivity contribution in [1.29, 1.82) is 0 Å². The maximum absolute atomic E-state index is 13.0. The number of anilines is 1. The zero-order valence-corrected chi connectivity index (χ0v) is 17.7. The minimum absolute atomic E-state index is 0.0120. The highest BCUT2D eigenvalue weighted by molar-refractivity contribution is 5.92. The van der Waals surface area contributed by atoms with Gasteiger partial charge in [-0.05, 0) is 36.1 Å². The van der Waals surface area contributed by atoms with E-state index in [0.717, 1.165) is 28.9 Å². The van der Waals surface area contributed by atoms with E-state index in [1.807, 2.05) is 39.8 Å². The van der Waals surface area contributed by atoms with Crippen molar-refractivity contribution in [2.45, 2.75) is 25.8 Å². The van der Waals surface area contributed by atoms with Crippen LogP contribution in [0.2, 0.25) is 0 Å². The van der Waals surface area contributed by atoms with Gasteiger partial charge in [0, 0.05) is 67.9 Å². The van der Waals surface area contributed by atoms with E-state index in [1.54, 1.807) is 12.3 Å². The molecule has 2 aliphatic rings. The molecule has 2 aromatic heterocycles. The minimum atomic E-state index is -0.124.